The molecule has 0 radical (unpaired) electrons. The zero-order valence-electron chi connectivity index (χ0n) is 12.0. The number of aryl methyl sites for hydroxylation is 2. The van der Waals surface area contributed by atoms with Crippen molar-refractivity contribution in [1.82, 2.24) is 14.9 Å². The Hall–Kier alpha value is -1.13. The van der Waals surface area contributed by atoms with Crippen LogP contribution in [0.2, 0.25) is 0 Å². The Bertz CT molecular complexity index is 501. The Labute approximate surface area is 119 Å². The van der Waals surface area contributed by atoms with E-state index in [-0.39, 0.29) is 0 Å². The Morgan fingerprint density at radius 2 is 2.21 bits per heavy atom. The van der Waals surface area contributed by atoms with Crippen LogP contribution in [0.5, 0.6) is 0 Å². The molecule has 0 aliphatic rings. The van der Waals surface area contributed by atoms with Gasteiger partial charge in [0.15, 0.2) is 0 Å². The molecular formula is C15H23N3S. The van der Waals surface area contributed by atoms with Gasteiger partial charge in [-0.05, 0) is 32.0 Å². The predicted octanol–water partition coefficient (Wildman–Crippen LogP) is 3.42. The van der Waals surface area contributed by atoms with Crippen molar-refractivity contribution in [1.29, 1.82) is 0 Å². The van der Waals surface area contributed by atoms with Crippen molar-refractivity contribution < 1.29 is 0 Å². The molecule has 2 heterocycles. The van der Waals surface area contributed by atoms with Crippen LogP contribution >= 0.6 is 11.3 Å². The first-order valence-electron chi connectivity index (χ1n) is 7.04. The Morgan fingerprint density at radius 3 is 2.84 bits per heavy atom. The van der Waals surface area contributed by atoms with Crippen LogP contribution in [0.3, 0.4) is 0 Å². The third-order valence-electron chi connectivity index (χ3n) is 3.38. The van der Waals surface area contributed by atoms with Crippen LogP contribution in [0.15, 0.2) is 24.5 Å². The maximum absolute atomic E-state index is 4.50. The first-order chi connectivity index (χ1) is 9.28. The van der Waals surface area contributed by atoms with Gasteiger partial charge < -0.3 is 9.88 Å². The third kappa shape index (κ3) is 3.45. The summed E-state index contributed by atoms with van der Waals surface area (Å²) in [5, 5.41) is 3.42. The zero-order valence-corrected chi connectivity index (χ0v) is 12.8. The van der Waals surface area contributed by atoms with Gasteiger partial charge in [-0.1, -0.05) is 13.8 Å². The summed E-state index contributed by atoms with van der Waals surface area (Å²) in [7, 11) is 2.03. The lowest BCUT2D eigenvalue weighted by Crippen LogP contribution is -2.20. The molecule has 0 aromatic carbocycles. The molecule has 0 saturated heterocycles. The van der Waals surface area contributed by atoms with Crippen LogP contribution in [0.4, 0.5) is 0 Å². The maximum atomic E-state index is 4.50. The monoisotopic (exact) mass is 277 g/mol. The van der Waals surface area contributed by atoms with Crippen molar-refractivity contribution in [3.05, 3.63) is 40.1 Å². The molecule has 0 amide bonds. The van der Waals surface area contributed by atoms with Crippen LogP contribution in [0.1, 0.15) is 41.9 Å². The molecule has 0 bridgehead atoms. The summed E-state index contributed by atoms with van der Waals surface area (Å²) >= 11 is 1.91. The lowest BCUT2D eigenvalue weighted by atomic mass is 10.1. The van der Waals surface area contributed by atoms with Crippen molar-refractivity contribution in [3.63, 3.8) is 0 Å². The SMILES string of the molecule is CCCn1ccnc1CC(NC)c1ccc(CC)s1. The van der Waals surface area contributed by atoms with Crippen molar-refractivity contribution in [3.8, 4) is 0 Å². The highest BCUT2D eigenvalue weighted by atomic mass is 32.1. The average Bonchev–Trinajstić information content (AvgIpc) is 3.05. The van der Waals surface area contributed by atoms with Gasteiger partial charge in [-0.3, -0.25) is 0 Å². The average molecular weight is 277 g/mol. The number of aromatic nitrogens is 2. The molecule has 0 spiro atoms. The minimum atomic E-state index is 0.364. The Kier molecular flexibility index (Phi) is 5.16. The van der Waals surface area contributed by atoms with E-state index in [0.29, 0.717) is 6.04 Å². The van der Waals surface area contributed by atoms with Gasteiger partial charge in [0.1, 0.15) is 5.82 Å². The third-order valence-corrected chi connectivity index (χ3v) is 4.72. The fourth-order valence-electron chi connectivity index (χ4n) is 2.27. The lowest BCUT2D eigenvalue weighted by molar-refractivity contribution is 0.549. The van der Waals surface area contributed by atoms with Gasteiger partial charge in [0.2, 0.25) is 0 Å². The maximum Gasteiger partial charge on any atom is 0.110 e. The summed E-state index contributed by atoms with van der Waals surface area (Å²) < 4.78 is 2.26. The number of hydrogen-bond acceptors (Lipinski definition) is 3. The largest absolute Gasteiger partial charge is 0.335 e. The molecule has 2 rings (SSSR count). The summed E-state index contributed by atoms with van der Waals surface area (Å²) in [6.07, 6.45) is 7.20. The first-order valence-corrected chi connectivity index (χ1v) is 7.86. The summed E-state index contributed by atoms with van der Waals surface area (Å²) in [5.41, 5.74) is 0. The molecule has 1 unspecified atom stereocenters. The molecular weight excluding hydrogens is 254 g/mol. The fraction of sp³-hybridized carbons (Fsp3) is 0.533. The lowest BCUT2D eigenvalue weighted by Gasteiger charge is -2.15. The normalized spacial score (nSPS) is 12.8. The van der Waals surface area contributed by atoms with Gasteiger partial charge in [-0.2, -0.15) is 0 Å². The van der Waals surface area contributed by atoms with Crippen molar-refractivity contribution >= 4 is 11.3 Å². The molecule has 0 aliphatic heterocycles. The molecule has 1 atom stereocenters. The molecule has 0 saturated carbocycles. The molecule has 0 aliphatic carbocycles. The van der Waals surface area contributed by atoms with E-state index in [1.54, 1.807) is 0 Å². The minimum absolute atomic E-state index is 0.364. The quantitative estimate of drug-likeness (QED) is 0.840. The van der Waals surface area contributed by atoms with Crippen molar-refractivity contribution in [2.75, 3.05) is 7.05 Å². The highest BCUT2D eigenvalue weighted by Gasteiger charge is 2.15. The molecule has 2 aromatic rings. The second-order valence-corrected chi connectivity index (χ2v) is 5.94. The summed E-state index contributed by atoms with van der Waals surface area (Å²) in [4.78, 5) is 7.36. The molecule has 3 nitrogen and oxygen atoms in total. The predicted molar refractivity (Wildman–Crippen MR) is 81.7 cm³/mol. The second-order valence-electron chi connectivity index (χ2n) is 4.74. The van der Waals surface area contributed by atoms with E-state index in [2.05, 4.69) is 47.0 Å². The van der Waals surface area contributed by atoms with Gasteiger partial charge in [0.25, 0.3) is 0 Å². The van der Waals surface area contributed by atoms with Gasteiger partial charge >= 0.3 is 0 Å². The van der Waals surface area contributed by atoms with Crippen LogP contribution in [-0.2, 0) is 19.4 Å². The molecule has 1 N–H and O–H groups in total. The zero-order chi connectivity index (χ0) is 13.7. The minimum Gasteiger partial charge on any atom is -0.335 e. The van der Waals surface area contributed by atoms with E-state index in [0.717, 1.165) is 25.8 Å². The van der Waals surface area contributed by atoms with Gasteiger partial charge in [-0.15, -0.1) is 11.3 Å². The summed E-state index contributed by atoms with van der Waals surface area (Å²) in [5.74, 6) is 1.17. The molecule has 2 aromatic heterocycles. The number of thiophene rings is 1. The van der Waals surface area contributed by atoms with E-state index >= 15 is 0 Å². The van der Waals surface area contributed by atoms with E-state index < -0.39 is 0 Å². The number of rotatable bonds is 7. The molecule has 104 valence electrons. The number of hydrogen-bond donors (Lipinski definition) is 1. The molecule has 0 fully saturated rings. The van der Waals surface area contributed by atoms with Crippen molar-refractivity contribution in [2.24, 2.45) is 0 Å². The van der Waals surface area contributed by atoms with E-state index in [4.69, 9.17) is 0 Å². The topological polar surface area (TPSA) is 29.9 Å². The first kappa shape index (κ1) is 14.3. The number of nitrogens with zero attached hydrogens (tertiary/aromatic N) is 2. The van der Waals surface area contributed by atoms with E-state index in [1.165, 1.54) is 15.6 Å². The highest BCUT2D eigenvalue weighted by Crippen LogP contribution is 2.26. The van der Waals surface area contributed by atoms with E-state index in [9.17, 15) is 0 Å². The van der Waals surface area contributed by atoms with Crippen molar-refractivity contribution in [2.45, 2.75) is 45.7 Å². The number of imidazole rings is 1. The van der Waals surface area contributed by atoms with Crippen LogP contribution in [-0.4, -0.2) is 16.6 Å². The van der Waals surface area contributed by atoms with Gasteiger partial charge in [0, 0.05) is 41.2 Å². The summed E-state index contributed by atoms with van der Waals surface area (Å²) in [6, 6.07) is 4.85. The van der Waals surface area contributed by atoms with Gasteiger partial charge in [0.05, 0.1) is 0 Å². The number of likely N-dealkylation sites (N-methyl/N-ethyl adjacent to an activating group) is 1. The summed E-state index contributed by atoms with van der Waals surface area (Å²) in [6.45, 7) is 5.46. The standard InChI is InChI=1S/C15H23N3S/c1-4-9-18-10-8-17-15(18)11-13(16-3)14-7-6-12(5-2)19-14/h6-8,10,13,16H,4-5,9,11H2,1-3H3. The fourth-order valence-corrected chi connectivity index (χ4v) is 3.34. The van der Waals surface area contributed by atoms with Crippen LogP contribution < -0.4 is 5.32 Å². The number of nitrogens with one attached hydrogen (secondary N) is 1. The Morgan fingerprint density at radius 1 is 1.37 bits per heavy atom. The second kappa shape index (κ2) is 6.87. The smallest absolute Gasteiger partial charge is 0.110 e. The van der Waals surface area contributed by atoms with Crippen LogP contribution in [0, 0.1) is 0 Å². The molecule has 19 heavy (non-hydrogen) atoms. The Balaban J connectivity index is 2.12. The van der Waals surface area contributed by atoms with Gasteiger partial charge in [-0.25, -0.2) is 4.98 Å². The van der Waals surface area contributed by atoms with E-state index in [1.807, 2.05) is 24.6 Å². The highest BCUT2D eigenvalue weighted by molar-refractivity contribution is 7.12. The molecule has 4 heteroatoms. The van der Waals surface area contributed by atoms with Crippen LogP contribution in [0.25, 0.3) is 0 Å².